The highest BCUT2D eigenvalue weighted by atomic mass is 35.5. The minimum atomic E-state index is 0. The number of carbonyl (C=O) groups is 1. The number of rotatable bonds is 10. The molecule has 0 saturated carbocycles. The molecule has 4 rings (SSSR count). The number of anilines is 1. The van der Waals surface area contributed by atoms with Gasteiger partial charge in [-0.2, -0.15) is 0 Å². The molecule has 0 N–H and O–H groups in total. The SMILES string of the molecule is Cc1ccc2nc(N(CCCN3CCOCC3)C(=O)CCCSc3ccccc3)sc2c1.Cl. The average Bonchev–Trinajstić information content (AvgIpc) is 3.23. The van der Waals surface area contributed by atoms with Crippen LogP contribution >= 0.6 is 35.5 Å². The molecule has 0 aliphatic carbocycles. The van der Waals surface area contributed by atoms with Gasteiger partial charge in [-0.1, -0.05) is 35.6 Å². The van der Waals surface area contributed by atoms with Crippen LogP contribution in [0, 0.1) is 6.92 Å². The highest BCUT2D eigenvalue weighted by molar-refractivity contribution is 7.99. The Kier molecular flexibility index (Phi) is 10.5. The van der Waals surface area contributed by atoms with Crippen molar-refractivity contribution in [2.75, 3.05) is 50.0 Å². The number of benzene rings is 2. The molecular formula is C25H32ClN3O2S2. The molecule has 0 spiro atoms. The van der Waals surface area contributed by atoms with E-state index in [-0.39, 0.29) is 18.3 Å². The summed E-state index contributed by atoms with van der Waals surface area (Å²) < 4.78 is 6.59. The number of thiazole rings is 1. The van der Waals surface area contributed by atoms with Gasteiger partial charge < -0.3 is 4.74 Å². The summed E-state index contributed by atoms with van der Waals surface area (Å²) in [4.78, 5) is 23.6. The van der Waals surface area contributed by atoms with Crippen LogP contribution in [-0.2, 0) is 9.53 Å². The lowest BCUT2D eigenvalue weighted by atomic mass is 10.2. The highest BCUT2D eigenvalue weighted by Gasteiger charge is 2.20. The van der Waals surface area contributed by atoms with Gasteiger partial charge in [0.2, 0.25) is 5.91 Å². The average molecular weight is 506 g/mol. The van der Waals surface area contributed by atoms with Crippen molar-refractivity contribution in [3.8, 4) is 0 Å². The van der Waals surface area contributed by atoms with Gasteiger partial charge in [0.1, 0.15) is 0 Å². The Bertz CT molecular complexity index is 1010. The summed E-state index contributed by atoms with van der Waals surface area (Å²) in [6, 6.07) is 16.7. The van der Waals surface area contributed by atoms with Gasteiger partial charge >= 0.3 is 0 Å². The number of nitrogens with zero attached hydrogens (tertiary/aromatic N) is 3. The van der Waals surface area contributed by atoms with E-state index in [0.29, 0.717) is 13.0 Å². The molecule has 1 saturated heterocycles. The molecule has 33 heavy (non-hydrogen) atoms. The fourth-order valence-electron chi connectivity index (χ4n) is 3.80. The largest absolute Gasteiger partial charge is 0.379 e. The van der Waals surface area contributed by atoms with Gasteiger partial charge in [-0.15, -0.1) is 24.2 Å². The van der Waals surface area contributed by atoms with E-state index in [0.717, 1.165) is 66.8 Å². The fraction of sp³-hybridized carbons (Fsp3) is 0.440. The third kappa shape index (κ3) is 7.69. The first-order chi connectivity index (χ1) is 15.7. The molecule has 0 radical (unpaired) electrons. The van der Waals surface area contributed by atoms with Gasteiger partial charge in [0.25, 0.3) is 0 Å². The first-order valence-corrected chi connectivity index (χ1v) is 13.1. The molecule has 0 unspecified atom stereocenters. The minimum Gasteiger partial charge on any atom is -0.379 e. The van der Waals surface area contributed by atoms with E-state index in [2.05, 4.69) is 54.3 Å². The fourth-order valence-corrected chi connectivity index (χ4v) is 5.79. The van der Waals surface area contributed by atoms with Crippen LogP contribution in [0.15, 0.2) is 53.4 Å². The van der Waals surface area contributed by atoms with E-state index in [1.165, 1.54) is 10.5 Å². The molecular weight excluding hydrogens is 474 g/mol. The molecule has 3 aromatic rings. The minimum absolute atomic E-state index is 0. The monoisotopic (exact) mass is 505 g/mol. The van der Waals surface area contributed by atoms with Crippen molar-refractivity contribution in [1.29, 1.82) is 0 Å². The molecule has 2 heterocycles. The van der Waals surface area contributed by atoms with Crippen molar-refractivity contribution in [3.63, 3.8) is 0 Å². The number of halogens is 1. The number of carbonyl (C=O) groups excluding carboxylic acids is 1. The van der Waals surface area contributed by atoms with E-state index in [1.807, 2.05) is 22.7 Å². The van der Waals surface area contributed by atoms with Crippen molar-refractivity contribution >= 4 is 56.8 Å². The van der Waals surface area contributed by atoms with Gasteiger partial charge in [-0.05, 0) is 55.3 Å². The molecule has 5 nitrogen and oxygen atoms in total. The lowest BCUT2D eigenvalue weighted by Crippen LogP contribution is -2.39. The van der Waals surface area contributed by atoms with Gasteiger partial charge in [0, 0.05) is 37.5 Å². The maximum Gasteiger partial charge on any atom is 0.228 e. The van der Waals surface area contributed by atoms with E-state index < -0.39 is 0 Å². The zero-order valence-electron chi connectivity index (χ0n) is 19.1. The molecule has 0 atom stereocenters. The predicted molar refractivity (Wildman–Crippen MR) is 142 cm³/mol. The number of ether oxygens (including phenoxy) is 1. The number of amides is 1. The van der Waals surface area contributed by atoms with Crippen LogP contribution in [0.1, 0.15) is 24.8 Å². The standard InChI is InChI=1S/C25H31N3O2S2.ClH/c1-20-10-11-22-23(19-20)32-25(26-22)28(13-6-12-27-14-16-30-17-15-27)24(29)9-5-18-31-21-7-3-2-4-8-21;/h2-4,7-8,10-11,19H,5-6,9,12-18H2,1H3;1H. The second kappa shape index (κ2) is 13.3. The molecule has 1 aliphatic heterocycles. The number of aromatic nitrogens is 1. The zero-order chi connectivity index (χ0) is 22.2. The Labute approximate surface area is 210 Å². The molecule has 8 heteroatoms. The summed E-state index contributed by atoms with van der Waals surface area (Å²) in [6.45, 7) is 7.35. The van der Waals surface area contributed by atoms with Crippen LogP contribution in [0.5, 0.6) is 0 Å². The van der Waals surface area contributed by atoms with Crippen molar-refractivity contribution in [2.24, 2.45) is 0 Å². The van der Waals surface area contributed by atoms with Gasteiger partial charge in [0.15, 0.2) is 5.13 Å². The third-order valence-corrected chi connectivity index (χ3v) is 7.71. The molecule has 1 amide bonds. The van der Waals surface area contributed by atoms with E-state index in [1.54, 1.807) is 11.3 Å². The van der Waals surface area contributed by atoms with E-state index in [4.69, 9.17) is 9.72 Å². The van der Waals surface area contributed by atoms with E-state index in [9.17, 15) is 4.79 Å². The zero-order valence-corrected chi connectivity index (χ0v) is 21.5. The normalized spacial score (nSPS) is 14.2. The van der Waals surface area contributed by atoms with Crippen LogP contribution in [0.2, 0.25) is 0 Å². The summed E-state index contributed by atoms with van der Waals surface area (Å²) in [7, 11) is 0. The van der Waals surface area contributed by atoms with Crippen LogP contribution in [0.25, 0.3) is 10.2 Å². The number of fused-ring (bicyclic) bond motifs is 1. The maximum absolute atomic E-state index is 13.2. The predicted octanol–water partition coefficient (Wildman–Crippen LogP) is 5.65. The smallest absolute Gasteiger partial charge is 0.228 e. The number of thioether (sulfide) groups is 1. The molecule has 1 fully saturated rings. The Hall–Kier alpha value is -1.64. The Morgan fingerprint density at radius 3 is 2.73 bits per heavy atom. The van der Waals surface area contributed by atoms with Crippen molar-refractivity contribution in [2.45, 2.75) is 31.1 Å². The topological polar surface area (TPSA) is 45.7 Å². The maximum atomic E-state index is 13.2. The first-order valence-electron chi connectivity index (χ1n) is 11.3. The summed E-state index contributed by atoms with van der Waals surface area (Å²) in [5.74, 6) is 1.12. The molecule has 0 bridgehead atoms. The molecule has 2 aromatic carbocycles. The van der Waals surface area contributed by atoms with Crippen LogP contribution in [-0.4, -0.2) is 60.9 Å². The quantitative estimate of drug-likeness (QED) is 0.263. The summed E-state index contributed by atoms with van der Waals surface area (Å²) in [5, 5.41) is 0.827. The van der Waals surface area contributed by atoms with Crippen molar-refractivity contribution in [3.05, 3.63) is 54.1 Å². The lowest BCUT2D eigenvalue weighted by molar-refractivity contribution is -0.118. The molecule has 1 aromatic heterocycles. The lowest BCUT2D eigenvalue weighted by Gasteiger charge is -2.27. The van der Waals surface area contributed by atoms with Gasteiger partial charge in [0.05, 0.1) is 23.4 Å². The summed E-state index contributed by atoms with van der Waals surface area (Å²) in [5.41, 5.74) is 2.19. The highest BCUT2D eigenvalue weighted by Crippen LogP contribution is 2.30. The van der Waals surface area contributed by atoms with Crippen LogP contribution in [0.3, 0.4) is 0 Å². The van der Waals surface area contributed by atoms with Gasteiger partial charge in [-0.3, -0.25) is 14.6 Å². The number of hydrogen-bond acceptors (Lipinski definition) is 6. The Morgan fingerprint density at radius 2 is 1.94 bits per heavy atom. The van der Waals surface area contributed by atoms with Crippen LogP contribution in [0.4, 0.5) is 5.13 Å². The third-order valence-electron chi connectivity index (χ3n) is 5.57. The number of aryl methyl sites for hydroxylation is 1. The molecule has 178 valence electrons. The van der Waals surface area contributed by atoms with Crippen molar-refractivity contribution in [1.82, 2.24) is 9.88 Å². The Morgan fingerprint density at radius 1 is 1.15 bits per heavy atom. The summed E-state index contributed by atoms with van der Waals surface area (Å²) >= 11 is 3.43. The van der Waals surface area contributed by atoms with Crippen molar-refractivity contribution < 1.29 is 9.53 Å². The van der Waals surface area contributed by atoms with E-state index >= 15 is 0 Å². The first kappa shape index (κ1) is 26.0. The van der Waals surface area contributed by atoms with Gasteiger partial charge in [-0.25, -0.2) is 4.98 Å². The number of hydrogen-bond donors (Lipinski definition) is 0. The summed E-state index contributed by atoms with van der Waals surface area (Å²) in [6.07, 6.45) is 2.36. The number of morpholine rings is 1. The second-order valence-electron chi connectivity index (χ2n) is 8.09. The molecule has 1 aliphatic rings. The second-order valence-corrected chi connectivity index (χ2v) is 10.3. The van der Waals surface area contributed by atoms with Crippen LogP contribution < -0.4 is 4.90 Å². The Balaban J connectivity index is 0.00000306.